The Bertz CT molecular complexity index is 550. The monoisotopic (exact) mass is 278 g/mol. The number of rotatable bonds is 4. The SMILES string of the molecule is CCn1ccc(NC(=S)NCc2ccc(F)cc2)n1. The lowest BCUT2D eigenvalue weighted by atomic mass is 10.2. The molecule has 0 saturated carbocycles. The van der Waals surface area contributed by atoms with Crippen molar-refractivity contribution in [3.8, 4) is 0 Å². The Hall–Kier alpha value is -1.95. The largest absolute Gasteiger partial charge is 0.358 e. The van der Waals surface area contributed by atoms with Crippen LogP contribution in [0.1, 0.15) is 12.5 Å². The number of anilines is 1. The highest BCUT2D eigenvalue weighted by Crippen LogP contribution is 2.04. The second kappa shape index (κ2) is 6.29. The molecule has 2 N–H and O–H groups in total. The molecule has 0 amide bonds. The summed E-state index contributed by atoms with van der Waals surface area (Å²) in [6, 6.07) is 8.15. The molecule has 6 heteroatoms. The number of hydrogen-bond donors (Lipinski definition) is 2. The average Bonchev–Trinajstić information content (AvgIpc) is 2.86. The van der Waals surface area contributed by atoms with E-state index in [0.29, 0.717) is 17.5 Å². The van der Waals surface area contributed by atoms with Gasteiger partial charge in [-0.25, -0.2) is 4.39 Å². The van der Waals surface area contributed by atoms with Gasteiger partial charge in [0.2, 0.25) is 0 Å². The van der Waals surface area contributed by atoms with Crippen LogP contribution in [-0.4, -0.2) is 14.9 Å². The number of aromatic nitrogens is 2. The number of halogens is 1. The van der Waals surface area contributed by atoms with Gasteiger partial charge in [-0.3, -0.25) is 4.68 Å². The van der Waals surface area contributed by atoms with Gasteiger partial charge in [0.25, 0.3) is 0 Å². The molecule has 1 aromatic heterocycles. The number of hydrogen-bond acceptors (Lipinski definition) is 2. The Morgan fingerprint density at radius 2 is 2.05 bits per heavy atom. The Balaban J connectivity index is 1.82. The van der Waals surface area contributed by atoms with E-state index in [4.69, 9.17) is 12.2 Å². The molecule has 0 unspecified atom stereocenters. The zero-order valence-corrected chi connectivity index (χ0v) is 11.4. The molecule has 0 aliphatic rings. The van der Waals surface area contributed by atoms with Crippen LogP contribution in [0.2, 0.25) is 0 Å². The minimum Gasteiger partial charge on any atom is -0.358 e. The van der Waals surface area contributed by atoms with E-state index in [1.165, 1.54) is 12.1 Å². The van der Waals surface area contributed by atoms with Gasteiger partial charge in [0, 0.05) is 25.4 Å². The van der Waals surface area contributed by atoms with E-state index in [-0.39, 0.29) is 5.82 Å². The summed E-state index contributed by atoms with van der Waals surface area (Å²) in [6.07, 6.45) is 1.88. The summed E-state index contributed by atoms with van der Waals surface area (Å²) in [4.78, 5) is 0. The molecule has 1 heterocycles. The van der Waals surface area contributed by atoms with Gasteiger partial charge in [-0.15, -0.1) is 0 Å². The van der Waals surface area contributed by atoms with Crippen molar-refractivity contribution in [2.75, 3.05) is 5.32 Å². The normalized spacial score (nSPS) is 10.2. The summed E-state index contributed by atoms with van der Waals surface area (Å²) in [5.41, 5.74) is 0.963. The second-order valence-electron chi connectivity index (χ2n) is 3.99. The fourth-order valence-corrected chi connectivity index (χ4v) is 1.73. The second-order valence-corrected chi connectivity index (χ2v) is 4.40. The van der Waals surface area contributed by atoms with E-state index < -0.39 is 0 Å². The number of nitrogens with one attached hydrogen (secondary N) is 2. The average molecular weight is 278 g/mol. The first-order valence-electron chi connectivity index (χ1n) is 6.00. The van der Waals surface area contributed by atoms with Gasteiger partial charge in [-0.1, -0.05) is 12.1 Å². The van der Waals surface area contributed by atoms with Gasteiger partial charge < -0.3 is 10.6 Å². The zero-order valence-electron chi connectivity index (χ0n) is 10.6. The molecule has 19 heavy (non-hydrogen) atoms. The van der Waals surface area contributed by atoms with Crippen molar-refractivity contribution in [1.29, 1.82) is 0 Å². The van der Waals surface area contributed by atoms with Crippen LogP contribution in [0, 0.1) is 5.82 Å². The third-order valence-electron chi connectivity index (χ3n) is 2.57. The predicted octanol–water partition coefficient (Wildman–Crippen LogP) is 2.53. The van der Waals surface area contributed by atoms with Gasteiger partial charge in [-0.05, 0) is 36.8 Å². The van der Waals surface area contributed by atoms with Gasteiger partial charge in [0.05, 0.1) is 0 Å². The number of benzene rings is 1. The third-order valence-corrected chi connectivity index (χ3v) is 2.82. The van der Waals surface area contributed by atoms with Crippen molar-refractivity contribution < 1.29 is 4.39 Å². The van der Waals surface area contributed by atoms with Crippen LogP contribution in [0.4, 0.5) is 10.2 Å². The van der Waals surface area contributed by atoms with E-state index in [9.17, 15) is 4.39 Å². The van der Waals surface area contributed by atoms with Crippen molar-refractivity contribution in [1.82, 2.24) is 15.1 Å². The van der Waals surface area contributed by atoms with Crippen LogP contribution in [-0.2, 0) is 13.1 Å². The lowest BCUT2D eigenvalue weighted by Gasteiger charge is -2.08. The highest BCUT2D eigenvalue weighted by Gasteiger charge is 2.01. The summed E-state index contributed by atoms with van der Waals surface area (Å²) >= 11 is 5.16. The molecule has 2 rings (SSSR count). The van der Waals surface area contributed by atoms with Crippen LogP contribution in [0.15, 0.2) is 36.5 Å². The molecule has 100 valence electrons. The molecule has 0 aliphatic heterocycles. The molecule has 0 saturated heterocycles. The molecule has 1 aromatic carbocycles. The number of nitrogens with zero attached hydrogens (tertiary/aromatic N) is 2. The minimum atomic E-state index is -0.241. The highest BCUT2D eigenvalue weighted by molar-refractivity contribution is 7.80. The van der Waals surface area contributed by atoms with Crippen LogP contribution in [0.5, 0.6) is 0 Å². The van der Waals surface area contributed by atoms with Gasteiger partial charge >= 0.3 is 0 Å². The molecule has 0 atom stereocenters. The van der Waals surface area contributed by atoms with E-state index in [1.807, 2.05) is 23.9 Å². The maximum Gasteiger partial charge on any atom is 0.172 e. The van der Waals surface area contributed by atoms with Crippen LogP contribution < -0.4 is 10.6 Å². The van der Waals surface area contributed by atoms with E-state index in [0.717, 1.165) is 12.1 Å². The first-order chi connectivity index (χ1) is 9.17. The molecule has 2 aromatic rings. The summed E-state index contributed by atoms with van der Waals surface area (Å²) in [6.45, 7) is 3.37. The summed E-state index contributed by atoms with van der Waals surface area (Å²) < 4.78 is 14.6. The quantitative estimate of drug-likeness (QED) is 0.843. The smallest absolute Gasteiger partial charge is 0.172 e. The van der Waals surface area contributed by atoms with Crippen LogP contribution >= 0.6 is 12.2 Å². The maximum absolute atomic E-state index is 12.7. The highest BCUT2D eigenvalue weighted by atomic mass is 32.1. The summed E-state index contributed by atoms with van der Waals surface area (Å²) in [7, 11) is 0. The molecule has 0 radical (unpaired) electrons. The molecule has 0 bridgehead atoms. The zero-order chi connectivity index (χ0) is 13.7. The molecular weight excluding hydrogens is 263 g/mol. The number of thiocarbonyl (C=S) groups is 1. The van der Waals surface area contributed by atoms with Crippen molar-refractivity contribution in [2.45, 2.75) is 20.0 Å². The third kappa shape index (κ3) is 4.03. The van der Waals surface area contributed by atoms with E-state index >= 15 is 0 Å². The molecular formula is C13H15FN4S. The van der Waals surface area contributed by atoms with Crippen LogP contribution in [0.25, 0.3) is 0 Å². The van der Waals surface area contributed by atoms with Crippen molar-refractivity contribution in [3.63, 3.8) is 0 Å². The molecule has 0 fully saturated rings. The van der Waals surface area contributed by atoms with E-state index in [1.54, 1.807) is 12.1 Å². The van der Waals surface area contributed by atoms with Gasteiger partial charge in [0.15, 0.2) is 10.9 Å². The van der Waals surface area contributed by atoms with E-state index in [2.05, 4.69) is 15.7 Å². The lowest BCUT2D eigenvalue weighted by molar-refractivity contribution is 0.627. The van der Waals surface area contributed by atoms with Gasteiger partial charge in [0.1, 0.15) is 5.82 Å². The van der Waals surface area contributed by atoms with Crippen molar-refractivity contribution in [3.05, 3.63) is 47.9 Å². The minimum absolute atomic E-state index is 0.241. The fraction of sp³-hybridized carbons (Fsp3) is 0.231. The summed E-state index contributed by atoms with van der Waals surface area (Å²) in [5.74, 6) is 0.466. The molecule has 4 nitrogen and oxygen atoms in total. The lowest BCUT2D eigenvalue weighted by Crippen LogP contribution is -2.28. The Morgan fingerprint density at radius 1 is 1.32 bits per heavy atom. The standard InChI is InChI=1S/C13H15FN4S/c1-2-18-8-7-12(17-18)16-13(19)15-9-10-3-5-11(14)6-4-10/h3-8H,2,9H2,1H3,(H2,15,16,17,19). The number of aryl methyl sites for hydroxylation is 1. The van der Waals surface area contributed by atoms with Crippen LogP contribution in [0.3, 0.4) is 0 Å². The first-order valence-corrected chi connectivity index (χ1v) is 6.41. The molecule has 0 aliphatic carbocycles. The van der Waals surface area contributed by atoms with Crippen molar-refractivity contribution >= 4 is 23.1 Å². The Morgan fingerprint density at radius 3 is 2.68 bits per heavy atom. The predicted molar refractivity (Wildman–Crippen MR) is 77.4 cm³/mol. The summed E-state index contributed by atoms with van der Waals surface area (Å²) in [5, 5.41) is 10.8. The first kappa shape index (κ1) is 13.5. The fourth-order valence-electron chi connectivity index (χ4n) is 1.55. The van der Waals surface area contributed by atoms with Crippen molar-refractivity contribution in [2.24, 2.45) is 0 Å². The maximum atomic E-state index is 12.7. The topological polar surface area (TPSA) is 41.9 Å². The Kier molecular flexibility index (Phi) is 4.46. The molecule has 0 spiro atoms. The Labute approximate surface area is 116 Å². The van der Waals surface area contributed by atoms with Gasteiger partial charge in [-0.2, -0.15) is 5.10 Å².